The Morgan fingerprint density at radius 2 is 2.00 bits per heavy atom. The molecule has 0 bridgehead atoms. The van der Waals surface area contributed by atoms with Gasteiger partial charge in [0, 0.05) is 27.6 Å². The first-order valence-electron chi connectivity index (χ1n) is 7.92. The number of carbonyl (C=O) groups is 1. The van der Waals surface area contributed by atoms with Crippen molar-refractivity contribution in [2.24, 2.45) is 0 Å². The Morgan fingerprint density at radius 3 is 2.72 bits per heavy atom. The lowest BCUT2D eigenvalue weighted by atomic mass is 10.2. The molecule has 0 spiro atoms. The first-order valence-corrected chi connectivity index (χ1v) is 9.61. The molecule has 0 aliphatic rings. The predicted octanol–water partition coefficient (Wildman–Crippen LogP) is 4.41. The van der Waals surface area contributed by atoms with E-state index in [0.29, 0.717) is 28.0 Å². The summed E-state index contributed by atoms with van der Waals surface area (Å²) >= 11 is 5.93. The van der Waals surface area contributed by atoms with Crippen LogP contribution in [0.25, 0.3) is 11.0 Å². The molecule has 25 heavy (non-hydrogen) atoms. The summed E-state index contributed by atoms with van der Waals surface area (Å²) in [5.74, 6) is 1.05. The Hall–Kier alpha value is -2.11. The molecule has 0 saturated heterocycles. The highest BCUT2D eigenvalue weighted by Crippen LogP contribution is 2.26. The fourth-order valence-corrected chi connectivity index (χ4v) is 3.98. The van der Waals surface area contributed by atoms with E-state index < -0.39 is 10.8 Å². The van der Waals surface area contributed by atoms with Gasteiger partial charge in [-0.05, 0) is 37.3 Å². The van der Waals surface area contributed by atoms with Crippen molar-refractivity contribution < 1.29 is 13.4 Å². The van der Waals surface area contributed by atoms with E-state index in [9.17, 15) is 9.00 Å². The van der Waals surface area contributed by atoms with Crippen LogP contribution in [0.2, 0.25) is 5.02 Å². The number of hydrogen-bond donors (Lipinski definition) is 0. The lowest BCUT2D eigenvalue weighted by molar-refractivity contribution is -0.120. The number of para-hydroxylation sites is 1. The van der Waals surface area contributed by atoms with Crippen LogP contribution in [-0.4, -0.2) is 27.8 Å². The lowest BCUT2D eigenvalue weighted by Gasteiger charge is -2.23. The molecule has 0 radical (unpaired) electrons. The summed E-state index contributed by atoms with van der Waals surface area (Å²) in [5, 5.41) is 1.55. The van der Waals surface area contributed by atoms with E-state index in [-0.39, 0.29) is 6.04 Å². The van der Waals surface area contributed by atoms with Crippen LogP contribution in [0.5, 0.6) is 0 Å². The summed E-state index contributed by atoms with van der Waals surface area (Å²) < 4.78 is 18.2. The number of fused-ring (bicyclic) bond motifs is 1. The molecule has 0 N–H and O–H groups in total. The van der Waals surface area contributed by atoms with Crippen molar-refractivity contribution >= 4 is 39.8 Å². The molecule has 1 heterocycles. The summed E-state index contributed by atoms with van der Waals surface area (Å²) in [6, 6.07) is 16.4. The third-order valence-corrected chi connectivity index (χ3v) is 5.65. The summed E-state index contributed by atoms with van der Waals surface area (Å²) in [5.41, 5.74) is 0.790. The Labute approximate surface area is 153 Å². The van der Waals surface area contributed by atoms with Gasteiger partial charge in [-0.3, -0.25) is 9.00 Å². The van der Waals surface area contributed by atoms with E-state index in [0.717, 1.165) is 17.4 Å². The van der Waals surface area contributed by atoms with Gasteiger partial charge in [0.1, 0.15) is 11.3 Å². The van der Waals surface area contributed by atoms with Crippen molar-refractivity contribution in [3.63, 3.8) is 0 Å². The Balaban J connectivity index is 1.69. The van der Waals surface area contributed by atoms with Crippen molar-refractivity contribution in [2.75, 3.05) is 12.3 Å². The molecule has 3 rings (SSSR count). The fourth-order valence-electron chi connectivity index (χ4n) is 2.62. The van der Waals surface area contributed by atoms with Gasteiger partial charge < -0.3 is 9.32 Å². The number of furan rings is 1. The van der Waals surface area contributed by atoms with Gasteiger partial charge >= 0.3 is 0 Å². The molecule has 2 unspecified atom stereocenters. The van der Waals surface area contributed by atoms with Gasteiger partial charge in [-0.15, -0.1) is 0 Å². The van der Waals surface area contributed by atoms with Gasteiger partial charge in [0.25, 0.3) is 0 Å². The van der Waals surface area contributed by atoms with Gasteiger partial charge in [-0.25, -0.2) is 0 Å². The highest BCUT2D eigenvalue weighted by atomic mass is 35.5. The van der Waals surface area contributed by atoms with Crippen LogP contribution in [0.4, 0.5) is 0 Å². The van der Waals surface area contributed by atoms with E-state index in [1.807, 2.05) is 37.3 Å². The standard InChI is InChI=1S/C19H18ClNO3S/c1-14(19-11-15-5-2-3-8-18(15)24-19)21(13-22)9-10-25(23)17-7-4-6-16(20)12-17/h2-8,11-14H,9-10H2,1H3. The summed E-state index contributed by atoms with van der Waals surface area (Å²) in [4.78, 5) is 13.8. The molecule has 4 nitrogen and oxygen atoms in total. The van der Waals surface area contributed by atoms with Crippen molar-refractivity contribution in [1.29, 1.82) is 0 Å². The highest BCUT2D eigenvalue weighted by Gasteiger charge is 2.19. The smallest absolute Gasteiger partial charge is 0.210 e. The molecule has 0 aliphatic heterocycles. The third kappa shape index (κ3) is 4.11. The van der Waals surface area contributed by atoms with Crippen LogP contribution in [-0.2, 0) is 15.6 Å². The Kier molecular flexibility index (Phi) is 5.56. The molecule has 2 aromatic carbocycles. The number of amides is 1. The molecular weight excluding hydrogens is 358 g/mol. The van der Waals surface area contributed by atoms with Gasteiger partial charge in [0.15, 0.2) is 0 Å². The predicted molar refractivity (Wildman–Crippen MR) is 100 cm³/mol. The number of halogens is 1. The largest absolute Gasteiger partial charge is 0.459 e. The highest BCUT2D eigenvalue weighted by molar-refractivity contribution is 7.85. The lowest BCUT2D eigenvalue weighted by Crippen LogP contribution is -2.29. The van der Waals surface area contributed by atoms with Gasteiger partial charge in [-0.2, -0.15) is 0 Å². The molecule has 130 valence electrons. The molecule has 1 amide bonds. The van der Waals surface area contributed by atoms with E-state index >= 15 is 0 Å². The quantitative estimate of drug-likeness (QED) is 0.574. The zero-order valence-electron chi connectivity index (χ0n) is 13.7. The molecule has 1 aromatic heterocycles. The zero-order valence-corrected chi connectivity index (χ0v) is 15.3. The van der Waals surface area contributed by atoms with Crippen LogP contribution in [0, 0.1) is 0 Å². The second-order valence-corrected chi connectivity index (χ2v) is 7.72. The van der Waals surface area contributed by atoms with E-state index in [1.165, 1.54) is 0 Å². The van der Waals surface area contributed by atoms with Crippen LogP contribution < -0.4 is 0 Å². The SMILES string of the molecule is CC(c1cc2ccccc2o1)N(C=O)CCS(=O)c1cccc(Cl)c1. The molecule has 0 saturated carbocycles. The second kappa shape index (κ2) is 7.85. The maximum atomic E-state index is 12.4. The Morgan fingerprint density at radius 1 is 1.20 bits per heavy atom. The van der Waals surface area contributed by atoms with E-state index in [2.05, 4.69) is 0 Å². The van der Waals surface area contributed by atoms with Crippen molar-refractivity contribution in [3.05, 3.63) is 65.4 Å². The monoisotopic (exact) mass is 375 g/mol. The molecule has 2 atom stereocenters. The first-order chi connectivity index (χ1) is 12.1. The molecule has 0 aliphatic carbocycles. The number of rotatable bonds is 7. The number of hydrogen-bond acceptors (Lipinski definition) is 3. The minimum absolute atomic E-state index is 0.235. The van der Waals surface area contributed by atoms with Crippen molar-refractivity contribution in [2.45, 2.75) is 17.9 Å². The Bertz CT molecular complexity index is 875. The molecule has 3 aromatic rings. The number of benzene rings is 2. The van der Waals surface area contributed by atoms with E-state index in [4.69, 9.17) is 16.0 Å². The summed E-state index contributed by atoms with van der Waals surface area (Å²) in [7, 11) is -1.22. The van der Waals surface area contributed by atoms with Crippen molar-refractivity contribution in [1.82, 2.24) is 4.90 Å². The number of nitrogens with zero attached hydrogens (tertiary/aromatic N) is 1. The maximum Gasteiger partial charge on any atom is 0.210 e. The fraction of sp³-hybridized carbons (Fsp3) is 0.211. The summed E-state index contributed by atoms with van der Waals surface area (Å²) in [6.45, 7) is 2.26. The molecule has 6 heteroatoms. The number of carbonyl (C=O) groups excluding carboxylic acids is 1. The zero-order chi connectivity index (χ0) is 17.8. The molecule has 0 fully saturated rings. The van der Waals surface area contributed by atoms with Crippen LogP contribution in [0.3, 0.4) is 0 Å². The average Bonchev–Trinajstić information content (AvgIpc) is 3.06. The second-order valence-electron chi connectivity index (χ2n) is 5.71. The minimum Gasteiger partial charge on any atom is -0.459 e. The minimum atomic E-state index is -1.22. The average molecular weight is 376 g/mol. The topological polar surface area (TPSA) is 50.5 Å². The molecular formula is C19H18ClNO3S. The van der Waals surface area contributed by atoms with Crippen LogP contribution in [0.15, 0.2) is 63.9 Å². The van der Waals surface area contributed by atoms with Crippen LogP contribution in [0.1, 0.15) is 18.7 Å². The van der Waals surface area contributed by atoms with Gasteiger partial charge in [-0.1, -0.05) is 35.9 Å². The summed E-state index contributed by atoms with van der Waals surface area (Å²) in [6.07, 6.45) is 0.771. The van der Waals surface area contributed by atoms with Crippen LogP contribution >= 0.6 is 11.6 Å². The van der Waals surface area contributed by atoms with Gasteiger partial charge in [0.05, 0.1) is 16.8 Å². The van der Waals surface area contributed by atoms with Gasteiger partial charge in [0.2, 0.25) is 6.41 Å². The van der Waals surface area contributed by atoms with E-state index in [1.54, 1.807) is 29.2 Å². The normalized spacial score (nSPS) is 13.5. The third-order valence-electron chi connectivity index (χ3n) is 4.08. The maximum absolute atomic E-state index is 12.4. The van der Waals surface area contributed by atoms with Crippen molar-refractivity contribution in [3.8, 4) is 0 Å². The first kappa shape index (κ1) is 17.7.